The predicted octanol–water partition coefficient (Wildman–Crippen LogP) is 28.7. The second-order valence-electron chi connectivity index (χ2n) is 30.3. The number of hydrogen-bond donors (Lipinski definition) is 0. The molecule has 0 atom stereocenters. The molecule has 23 aromatic rings. The van der Waals surface area contributed by atoms with E-state index in [9.17, 15) is 0 Å². The molecule has 16 aromatic carbocycles. The van der Waals surface area contributed by atoms with Crippen molar-refractivity contribution < 1.29 is 0 Å². The van der Waals surface area contributed by atoms with Gasteiger partial charge in [-0.3, -0.25) is 0 Å². The van der Waals surface area contributed by atoms with Crippen LogP contribution in [0.1, 0.15) is 25.0 Å². The van der Waals surface area contributed by atoms with Crippen LogP contribution in [0.25, 0.3) is 217 Å². The summed E-state index contributed by atoms with van der Waals surface area (Å²) in [5, 5.41) is 12.4. The molecule has 0 radical (unpaired) electrons. The monoisotopic (exact) mass is 1530 g/mol. The Morgan fingerprint density at radius 3 is 1.09 bits per heavy atom. The van der Waals surface area contributed by atoms with Gasteiger partial charge in [-0.15, -0.1) is 34.0 Å². The molecule has 1 aliphatic rings. The lowest BCUT2D eigenvalue weighted by Crippen LogP contribution is -2.15. The number of nitrogens with zero attached hydrogens (tertiary/aromatic N) is 8. The van der Waals surface area contributed by atoms with Gasteiger partial charge in [-0.2, -0.15) is 0 Å². The van der Waals surface area contributed by atoms with Crippen LogP contribution in [-0.4, -0.2) is 39.0 Å². The first-order valence-electron chi connectivity index (χ1n) is 39.1. The van der Waals surface area contributed by atoms with Crippen molar-refractivity contribution >= 4 is 138 Å². The van der Waals surface area contributed by atoms with E-state index in [-0.39, 0.29) is 5.41 Å². The third-order valence-electron chi connectivity index (χ3n) is 23.4. The number of aromatic nitrogens is 8. The van der Waals surface area contributed by atoms with Crippen molar-refractivity contribution in [3.63, 3.8) is 0 Å². The fourth-order valence-electron chi connectivity index (χ4n) is 17.9. The Labute approximate surface area is 679 Å². The van der Waals surface area contributed by atoms with Gasteiger partial charge in [-0.05, 0) is 99.1 Å². The molecule has 7 heterocycles. The number of fused-ring (bicyclic) bond motifs is 20. The first-order valence-corrected chi connectivity index (χ1v) is 41.6. The van der Waals surface area contributed by atoms with Crippen molar-refractivity contribution in [3.8, 4) is 113 Å². The van der Waals surface area contributed by atoms with Crippen molar-refractivity contribution in [2.24, 2.45) is 0 Å². The Hall–Kier alpha value is -14.2. The number of rotatable bonds is 10. The van der Waals surface area contributed by atoms with Gasteiger partial charge in [0.05, 0.1) is 42.8 Å². The van der Waals surface area contributed by atoms with Crippen molar-refractivity contribution in [2.45, 2.75) is 19.3 Å². The number of para-hydroxylation sites is 4. The van der Waals surface area contributed by atoms with Gasteiger partial charge in [-0.25, -0.2) is 29.9 Å². The van der Waals surface area contributed by atoms with Gasteiger partial charge in [-0.1, -0.05) is 323 Å². The molecule has 0 spiro atoms. The Bertz CT molecular complexity index is 7930. The topological polar surface area (TPSA) is 87.2 Å². The minimum absolute atomic E-state index is 0.150. The van der Waals surface area contributed by atoms with E-state index < -0.39 is 0 Å². The number of hydrogen-bond acceptors (Lipinski definition) is 9. The summed E-state index contributed by atoms with van der Waals surface area (Å²) >= 11 is 5.56. The van der Waals surface area contributed by atoms with Crippen LogP contribution in [0.2, 0.25) is 0 Å². The average molecular weight is 1540 g/mol. The first kappa shape index (κ1) is 67.5. The zero-order valence-electron chi connectivity index (χ0n) is 62.9. The Kier molecular flexibility index (Phi) is 15.7. The quantitative estimate of drug-likeness (QED) is 0.136. The van der Waals surface area contributed by atoms with Gasteiger partial charge in [0, 0.05) is 111 Å². The third-order valence-corrected chi connectivity index (χ3v) is 27.0. The highest BCUT2D eigenvalue weighted by Gasteiger charge is 2.36. The minimum Gasteiger partial charge on any atom is -0.307 e. The summed E-state index contributed by atoms with van der Waals surface area (Å²) in [6.07, 6.45) is 0. The Balaban J connectivity index is 0.000000137. The number of benzene rings is 16. The smallest absolute Gasteiger partial charge is 0.166 e. The Morgan fingerprint density at radius 1 is 0.216 bits per heavy atom. The zero-order valence-corrected chi connectivity index (χ0v) is 65.4. The lowest BCUT2D eigenvalue weighted by molar-refractivity contribution is 0.660. The summed E-state index contributed by atoms with van der Waals surface area (Å²) < 4.78 is 12.5. The summed E-state index contributed by atoms with van der Waals surface area (Å²) in [5.41, 5.74) is 22.4. The predicted molar refractivity (Wildman–Crippen MR) is 488 cm³/mol. The fourth-order valence-corrected chi connectivity index (χ4v) is 21.8. The molecule has 544 valence electrons. The molecule has 0 fully saturated rings. The summed E-state index contributed by atoms with van der Waals surface area (Å²) in [7, 11) is 0. The summed E-state index contributed by atoms with van der Waals surface area (Å²) in [6.45, 7) is 4.63. The Morgan fingerprint density at radius 2 is 0.569 bits per heavy atom. The SMILES string of the molecule is CC1(C)c2ccccc2-c2ccc(-c3nc(-c4ccccc4)nc(-c4ccccc4-n4c5ccccc5c5ccc6c7cccc(-c8ccccc8)c7sc6c54)n3)cc21.c1ccc(-c2nc(-c3ccc4c(c3)sc3ccccc34)nc(-c3ccccc3-n3c4ccccc4c4ccc5c6cccc(-c7ccccc7)c6sc5c43)n2)cc1. The van der Waals surface area contributed by atoms with Gasteiger partial charge in [0.1, 0.15) is 0 Å². The summed E-state index contributed by atoms with van der Waals surface area (Å²) in [4.78, 5) is 31.5. The highest BCUT2D eigenvalue weighted by Crippen LogP contribution is 2.52. The molecule has 0 aliphatic heterocycles. The molecule has 7 aromatic heterocycles. The van der Waals surface area contributed by atoms with Gasteiger partial charge in [0.15, 0.2) is 34.9 Å². The maximum Gasteiger partial charge on any atom is 0.166 e. The van der Waals surface area contributed by atoms with E-state index in [2.05, 4.69) is 351 Å². The van der Waals surface area contributed by atoms with E-state index in [1.807, 2.05) is 59.1 Å². The van der Waals surface area contributed by atoms with Crippen LogP contribution in [0.5, 0.6) is 0 Å². The van der Waals surface area contributed by atoms with Crippen molar-refractivity contribution in [1.82, 2.24) is 39.0 Å². The minimum atomic E-state index is -0.150. The highest BCUT2D eigenvalue weighted by atomic mass is 32.1. The maximum absolute atomic E-state index is 5.36. The van der Waals surface area contributed by atoms with Crippen LogP contribution in [0.4, 0.5) is 0 Å². The molecule has 11 heteroatoms. The maximum atomic E-state index is 5.36. The second kappa shape index (κ2) is 27.0. The van der Waals surface area contributed by atoms with Crippen molar-refractivity contribution in [3.05, 3.63) is 375 Å². The molecule has 0 unspecified atom stereocenters. The summed E-state index contributed by atoms with van der Waals surface area (Å²) in [5.74, 6) is 3.85. The fraction of sp³-hybridized carbons (Fsp3) is 0.0286. The molecular formula is C105H66N8S3. The van der Waals surface area contributed by atoms with Crippen LogP contribution in [-0.2, 0) is 5.41 Å². The van der Waals surface area contributed by atoms with E-state index in [4.69, 9.17) is 29.9 Å². The van der Waals surface area contributed by atoms with E-state index >= 15 is 0 Å². The van der Waals surface area contributed by atoms with Crippen molar-refractivity contribution in [1.29, 1.82) is 0 Å². The molecule has 0 saturated heterocycles. The molecule has 0 N–H and O–H groups in total. The van der Waals surface area contributed by atoms with Gasteiger partial charge in [0.25, 0.3) is 0 Å². The van der Waals surface area contributed by atoms with E-state index in [1.165, 1.54) is 138 Å². The van der Waals surface area contributed by atoms with Gasteiger partial charge in [0.2, 0.25) is 0 Å². The first-order chi connectivity index (χ1) is 57.3. The van der Waals surface area contributed by atoms with Gasteiger partial charge < -0.3 is 9.13 Å². The molecule has 1 aliphatic carbocycles. The molecule has 8 nitrogen and oxygen atoms in total. The largest absolute Gasteiger partial charge is 0.307 e. The van der Waals surface area contributed by atoms with Crippen LogP contribution in [0.3, 0.4) is 0 Å². The molecule has 116 heavy (non-hydrogen) atoms. The molecule has 24 rings (SSSR count). The van der Waals surface area contributed by atoms with E-state index in [0.717, 1.165) is 55.8 Å². The highest BCUT2D eigenvalue weighted by molar-refractivity contribution is 7.28. The van der Waals surface area contributed by atoms with E-state index in [0.29, 0.717) is 34.9 Å². The zero-order chi connectivity index (χ0) is 76.7. The van der Waals surface area contributed by atoms with Crippen LogP contribution in [0.15, 0.2) is 364 Å². The van der Waals surface area contributed by atoms with E-state index in [1.54, 1.807) is 11.3 Å². The van der Waals surface area contributed by atoms with Gasteiger partial charge >= 0.3 is 0 Å². The molecule has 0 amide bonds. The van der Waals surface area contributed by atoms with Crippen molar-refractivity contribution in [2.75, 3.05) is 0 Å². The third kappa shape index (κ3) is 10.8. The van der Waals surface area contributed by atoms with Crippen LogP contribution >= 0.6 is 34.0 Å². The summed E-state index contributed by atoms with van der Waals surface area (Å²) in [6, 6.07) is 130. The normalized spacial score (nSPS) is 12.5. The van der Waals surface area contributed by atoms with Crippen LogP contribution < -0.4 is 0 Å². The standard InChI is InChI=1S/C54H36N4S.C51H30N4S2/c1-54(2)44-25-12-9-20-37(44)38-29-28-35(32-45(38)54)52-55-51(34-18-7-4-8-19-34)56-53(57-52)43-22-11-14-27-47(43)58-46-26-13-10-21-39(46)40-30-31-42-41-24-15-23-36(33-16-5-3-6-17-33)49(41)59-50(42)48(40)58;1-3-14-31(15-4-1)34-21-13-22-39-40-29-28-38-35-18-7-10-23-42(35)55(46(38)48(40)57-47(34)39)43-24-11-8-20-41(43)51-53-49(32-16-5-2-6-17-32)52-50(54-51)33-26-27-37-36-19-9-12-25-44(36)56-45(37)30-33/h3-32H,1-2H3;1-30H. The molecule has 0 saturated carbocycles. The number of thiophene rings is 3. The average Bonchev–Trinajstić information content (AvgIpc) is 1.56. The molecule has 0 bridgehead atoms. The second-order valence-corrected chi connectivity index (χ2v) is 33.4. The lowest BCUT2D eigenvalue weighted by Gasteiger charge is -2.21. The molecular weight excluding hydrogens is 1470 g/mol. The lowest BCUT2D eigenvalue weighted by atomic mass is 9.82. The van der Waals surface area contributed by atoms with Crippen LogP contribution in [0, 0.1) is 0 Å².